The molecule has 0 spiro atoms. The van der Waals surface area contributed by atoms with Gasteiger partial charge in [0.2, 0.25) is 5.79 Å². The van der Waals surface area contributed by atoms with Crippen LogP contribution in [0.1, 0.15) is 82.1 Å². The number of hydrogen-bond donors (Lipinski definition) is 0. The summed E-state index contributed by atoms with van der Waals surface area (Å²) in [6, 6.07) is 4.30. The number of carbonyl (C=O) groups excluding carboxylic acids is 1. The summed E-state index contributed by atoms with van der Waals surface area (Å²) in [4.78, 5) is 16.5. The van der Waals surface area contributed by atoms with Gasteiger partial charge in [-0.2, -0.15) is 0 Å². The molecule has 7 aliphatic rings. The van der Waals surface area contributed by atoms with Gasteiger partial charge in [-0.05, 0) is 81.0 Å². The molecule has 0 aromatic heterocycles. The van der Waals surface area contributed by atoms with Gasteiger partial charge in [0.1, 0.15) is 11.3 Å². The molecule has 194 valence electrons. The van der Waals surface area contributed by atoms with Crippen LogP contribution in [0.15, 0.2) is 17.0 Å². The number of esters is 1. The molecule has 2 bridgehead atoms. The number of thioether (sulfide) groups is 1. The first kappa shape index (κ1) is 23.9. The molecular formula is C28H38BNO5S. The highest BCUT2D eigenvalue weighted by molar-refractivity contribution is 8.00. The number of rotatable bonds is 4. The van der Waals surface area contributed by atoms with Crippen LogP contribution >= 0.6 is 11.8 Å². The third-order valence-corrected chi connectivity index (χ3v) is 11.6. The van der Waals surface area contributed by atoms with E-state index in [1.54, 1.807) is 11.8 Å². The fourth-order valence-corrected chi connectivity index (χ4v) is 9.29. The maximum absolute atomic E-state index is 13.2. The van der Waals surface area contributed by atoms with Crippen LogP contribution in [0.3, 0.4) is 0 Å². The lowest BCUT2D eigenvalue weighted by Gasteiger charge is -2.64. The van der Waals surface area contributed by atoms with Crippen molar-refractivity contribution in [1.82, 2.24) is 4.90 Å². The normalized spacial score (nSPS) is 41.7. The molecule has 6 nitrogen and oxygen atoms in total. The van der Waals surface area contributed by atoms with E-state index in [-0.39, 0.29) is 30.7 Å². The lowest BCUT2D eigenvalue weighted by atomic mass is 9.43. The minimum atomic E-state index is -0.977. The van der Waals surface area contributed by atoms with Gasteiger partial charge in [-0.3, -0.25) is 0 Å². The first-order chi connectivity index (χ1) is 17.0. The van der Waals surface area contributed by atoms with Crippen LogP contribution in [0.4, 0.5) is 0 Å². The fraction of sp³-hybridized carbons (Fsp3) is 0.750. The van der Waals surface area contributed by atoms with Crippen LogP contribution < -0.4 is 4.74 Å². The van der Waals surface area contributed by atoms with Gasteiger partial charge in [0.25, 0.3) is 0 Å². The van der Waals surface area contributed by atoms with Crippen LogP contribution in [0, 0.1) is 17.3 Å². The van der Waals surface area contributed by atoms with Crippen LogP contribution in [0.2, 0.25) is 5.82 Å². The molecule has 2 unspecified atom stereocenters. The lowest BCUT2D eigenvalue weighted by molar-refractivity contribution is -0.199. The third-order valence-electron chi connectivity index (χ3n) is 10.2. The Hall–Kier alpha value is -1.22. The maximum atomic E-state index is 13.2. The number of nitrogens with zero attached hydrogens (tertiary/aromatic N) is 1. The summed E-state index contributed by atoms with van der Waals surface area (Å²) in [5.41, 5.74) is 1.86. The number of cyclic esters (lactones) is 1. The molecule has 0 N–H and O–H groups in total. The smallest absolute Gasteiger partial charge is 0.452 e. The van der Waals surface area contributed by atoms with Crippen molar-refractivity contribution in [3.05, 3.63) is 23.3 Å². The number of benzene rings is 1. The lowest BCUT2D eigenvalue weighted by Crippen LogP contribution is -2.65. The van der Waals surface area contributed by atoms with Gasteiger partial charge in [-0.25, -0.2) is 4.79 Å². The van der Waals surface area contributed by atoms with E-state index in [0.29, 0.717) is 33.7 Å². The molecule has 36 heavy (non-hydrogen) atoms. The van der Waals surface area contributed by atoms with Crippen molar-refractivity contribution in [2.45, 2.75) is 99.7 Å². The highest BCUT2D eigenvalue weighted by atomic mass is 32.2. The quantitative estimate of drug-likeness (QED) is 0.399. The summed E-state index contributed by atoms with van der Waals surface area (Å²) in [5, 5.41) is 0.473. The molecule has 1 aromatic rings. The van der Waals surface area contributed by atoms with E-state index >= 15 is 0 Å². The average Bonchev–Trinajstić information content (AvgIpc) is 3.33. The first-order valence-electron chi connectivity index (χ1n) is 13.7. The van der Waals surface area contributed by atoms with Gasteiger partial charge in [-0.15, -0.1) is 11.8 Å². The molecule has 4 saturated carbocycles. The van der Waals surface area contributed by atoms with Crippen molar-refractivity contribution in [3.63, 3.8) is 0 Å². The summed E-state index contributed by atoms with van der Waals surface area (Å²) in [7, 11) is 1.97. The van der Waals surface area contributed by atoms with E-state index in [4.69, 9.17) is 18.8 Å². The van der Waals surface area contributed by atoms with Crippen LogP contribution in [0.5, 0.6) is 5.75 Å². The number of fused-ring (bicyclic) bond motifs is 1. The van der Waals surface area contributed by atoms with E-state index in [0.717, 1.165) is 48.7 Å². The van der Waals surface area contributed by atoms with Gasteiger partial charge in [-0.1, -0.05) is 19.9 Å². The molecule has 0 amide bonds. The molecule has 1 aromatic carbocycles. The standard InChI is InChI=1S/C28H38BNO5S/c1-26(2)15-11-21(26)28(5)22(12-15)34-29(35-28)19-13-18(19)17-7-8-20(36-16-9-10-30(6)14-16)23-24(17)32-27(3,4)33-25(23)31/h7-8,15-16,18-19,21-22H,9-14H2,1-6H3/t15-,16?,18+,19+,21-,22?,28-/m0/s1. The molecule has 8 rings (SSSR count). The van der Waals surface area contributed by atoms with Crippen molar-refractivity contribution in [2.24, 2.45) is 17.3 Å². The molecule has 7 atom stereocenters. The van der Waals surface area contributed by atoms with Gasteiger partial charge in [0.15, 0.2) is 0 Å². The SMILES string of the molecule is CN1CCC(Sc2ccc([C@H]3C[C@H]3B3OC4C[C@@H]5C[C@@H](C5(C)C)[C@]4(C)O3)c3c2C(=O)OC(C)(C)O3)C1. The van der Waals surface area contributed by atoms with Gasteiger partial charge >= 0.3 is 13.1 Å². The van der Waals surface area contributed by atoms with Crippen molar-refractivity contribution in [1.29, 1.82) is 0 Å². The Bertz CT molecular complexity index is 1130. The van der Waals surface area contributed by atoms with E-state index in [2.05, 4.69) is 44.9 Å². The number of ether oxygens (including phenoxy) is 2. The Kier molecular flexibility index (Phi) is 5.09. The monoisotopic (exact) mass is 511 g/mol. The molecule has 8 heteroatoms. The number of carbonyl (C=O) groups is 1. The molecule has 3 heterocycles. The van der Waals surface area contributed by atoms with Gasteiger partial charge in [0, 0.05) is 36.4 Å². The van der Waals surface area contributed by atoms with E-state index in [1.165, 1.54) is 6.42 Å². The van der Waals surface area contributed by atoms with Gasteiger partial charge in [0.05, 0.1) is 11.7 Å². The predicted octanol–water partition coefficient (Wildman–Crippen LogP) is 5.35. The number of likely N-dealkylation sites (tertiary alicyclic amines) is 1. The third kappa shape index (κ3) is 3.46. The zero-order valence-electron chi connectivity index (χ0n) is 22.3. The van der Waals surface area contributed by atoms with Crippen molar-refractivity contribution < 1.29 is 23.6 Å². The van der Waals surface area contributed by atoms with Crippen molar-refractivity contribution in [2.75, 3.05) is 20.1 Å². The summed E-state index contributed by atoms with van der Waals surface area (Å²) >= 11 is 1.79. The van der Waals surface area contributed by atoms with E-state index in [1.807, 2.05) is 13.8 Å². The van der Waals surface area contributed by atoms with Crippen LogP contribution in [-0.4, -0.2) is 60.9 Å². The highest BCUT2D eigenvalue weighted by Gasteiger charge is 2.70. The Morgan fingerprint density at radius 2 is 1.89 bits per heavy atom. The summed E-state index contributed by atoms with van der Waals surface area (Å²) in [6.45, 7) is 12.8. The molecule has 0 radical (unpaired) electrons. The van der Waals surface area contributed by atoms with Gasteiger partial charge < -0.3 is 23.7 Å². The molecule has 6 fully saturated rings. The zero-order chi connectivity index (χ0) is 25.2. The van der Waals surface area contributed by atoms with Crippen molar-refractivity contribution >= 4 is 24.8 Å². The van der Waals surface area contributed by atoms with Crippen LogP contribution in [-0.2, 0) is 14.0 Å². The first-order valence-corrected chi connectivity index (χ1v) is 14.6. The summed E-state index contributed by atoms with van der Waals surface area (Å²) in [5.74, 6) is 1.34. The topological polar surface area (TPSA) is 57.2 Å². The minimum absolute atomic E-state index is 0.178. The van der Waals surface area contributed by atoms with E-state index in [9.17, 15) is 4.79 Å². The second kappa shape index (κ2) is 7.68. The highest BCUT2D eigenvalue weighted by Crippen LogP contribution is 2.68. The molecule has 4 aliphatic carbocycles. The summed E-state index contributed by atoms with van der Waals surface area (Å²) in [6.07, 6.45) is 4.69. The second-order valence-corrected chi connectivity index (χ2v) is 14.7. The molecule has 2 saturated heterocycles. The Balaban J connectivity index is 1.15. The maximum Gasteiger partial charge on any atom is 0.461 e. The predicted molar refractivity (Wildman–Crippen MR) is 140 cm³/mol. The zero-order valence-corrected chi connectivity index (χ0v) is 23.2. The Morgan fingerprint density at radius 3 is 2.61 bits per heavy atom. The van der Waals surface area contributed by atoms with Crippen LogP contribution in [0.25, 0.3) is 0 Å². The Labute approximate surface area is 219 Å². The molecular weight excluding hydrogens is 473 g/mol. The summed E-state index contributed by atoms with van der Waals surface area (Å²) < 4.78 is 25.4. The minimum Gasteiger partial charge on any atom is -0.452 e. The Morgan fingerprint density at radius 1 is 1.08 bits per heavy atom. The van der Waals surface area contributed by atoms with Crippen molar-refractivity contribution in [3.8, 4) is 5.75 Å². The second-order valence-electron chi connectivity index (χ2n) is 13.4. The fourth-order valence-electron chi connectivity index (χ4n) is 7.94. The largest absolute Gasteiger partial charge is 0.461 e. The average molecular weight is 511 g/mol. The number of hydrogen-bond acceptors (Lipinski definition) is 7. The molecule has 3 aliphatic heterocycles. The van der Waals surface area contributed by atoms with E-state index < -0.39 is 5.79 Å².